The Balaban J connectivity index is 1.78. The van der Waals surface area contributed by atoms with Crippen LogP contribution in [0.1, 0.15) is 36.5 Å². The van der Waals surface area contributed by atoms with Crippen LogP contribution in [0.15, 0.2) is 23.2 Å². The third-order valence-corrected chi connectivity index (χ3v) is 5.42. The first kappa shape index (κ1) is 19.4. The van der Waals surface area contributed by atoms with Crippen LogP contribution in [-0.2, 0) is 14.3 Å². The second kappa shape index (κ2) is 7.72. The summed E-state index contributed by atoms with van der Waals surface area (Å²) in [5.74, 6) is -0.808. The number of hydrogen-bond donors (Lipinski definition) is 0. The van der Waals surface area contributed by atoms with Crippen molar-refractivity contribution in [3.8, 4) is 0 Å². The van der Waals surface area contributed by atoms with Crippen molar-refractivity contribution in [3.63, 3.8) is 0 Å². The van der Waals surface area contributed by atoms with Crippen LogP contribution in [0.3, 0.4) is 0 Å². The van der Waals surface area contributed by atoms with Gasteiger partial charge in [0.25, 0.3) is 11.8 Å². The predicted octanol–water partition coefficient (Wildman–Crippen LogP) is 3.24. The molecule has 0 atom stereocenters. The lowest BCUT2D eigenvalue weighted by Crippen LogP contribution is -2.49. The lowest BCUT2D eigenvalue weighted by Gasteiger charge is -2.35. The van der Waals surface area contributed by atoms with E-state index < -0.39 is 5.91 Å². The van der Waals surface area contributed by atoms with Gasteiger partial charge >= 0.3 is 6.09 Å². The van der Waals surface area contributed by atoms with Crippen LogP contribution in [0, 0.1) is 13.8 Å². The molecule has 0 spiro atoms. The van der Waals surface area contributed by atoms with Crippen molar-refractivity contribution in [3.05, 3.63) is 39.9 Å². The van der Waals surface area contributed by atoms with Crippen LogP contribution < -0.4 is 0 Å². The summed E-state index contributed by atoms with van der Waals surface area (Å²) >= 11 is 6.29. The highest BCUT2D eigenvalue weighted by atomic mass is 35.5. The molecule has 0 aromatic heterocycles. The minimum Gasteiger partial charge on any atom is -0.450 e. The number of ether oxygens (including phenoxy) is 1. The lowest BCUT2D eigenvalue weighted by molar-refractivity contribution is -0.140. The highest BCUT2D eigenvalue weighted by Crippen LogP contribution is 2.36. The SMILES string of the molecule is CCOC(=O)N1CCC(N2C(=O)C(Cl)=C(c3ccc(C)cc3C)C2=O)CC1. The van der Waals surface area contributed by atoms with Gasteiger partial charge in [-0.05, 0) is 44.7 Å². The van der Waals surface area contributed by atoms with Crippen molar-refractivity contribution < 1.29 is 19.1 Å². The van der Waals surface area contributed by atoms with E-state index in [1.807, 2.05) is 32.0 Å². The number of rotatable bonds is 3. The van der Waals surface area contributed by atoms with E-state index in [0.717, 1.165) is 11.1 Å². The molecule has 3 rings (SSSR count). The maximum absolute atomic E-state index is 13.0. The van der Waals surface area contributed by atoms with E-state index in [1.54, 1.807) is 11.8 Å². The number of imide groups is 1. The van der Waals surface area contributed by atoms with Crippen LogP contribution in [0.25, 0.3) is 5.57 Å². The summed E-state index contributed by atoms with van der Waals surface area (Å²) < 4.78 is 5.01. The normalized spacial score (nSPS) is 18.5. The second-order valence-electron chi connectivity index (χ2n) is 6.90. The fourth-order valence-corrected chi connectivity index (χ4v) is 3.97. The Morgan fingerprint density at radius 1 is 1.19 bits per heavy atom. The fraction of sp³-hybridized carbons (Fsp3) is 0.450. The van der Waals surface area contributed by atoms with Gasteiger partial charge in [-0.25, -0.2) is 4.79 Å². The largest absolute Gasteiger partial charge is 0.450 e. The minimum absolute atomic E-state index is 0.0280. The van der Waals surface area contributed by atoms with Crippen molar-refractivity contribution in [2.24, 2.45) is 0 Å². The number of halogens is 1. The molecular formula is C20H23ClN2O4. The molecule has 0 aliphatic carbocycles. The zero-order chi connectivity index (χ0) is 19.7. The maximum Gasteiger partial charge on any atom is 0.409 e. The number of likely N-dealkylation sites (tertiary alicyclic amines) is 1. The smallest absolute Gasteiger partial charge is 0.409 e. The van der Waals surface area contributed by atoms with E-state index >= 15 is 0 Å². The Morgan fingerprint density at radius 2 is 1.85 bits per heavy atom. The van der Waals surface area contributed by atoms with Gasteiger partial charge in [0.2, 0.25) is 0 Å². The maximum atomic E-state index is 13.0. The Kier molecular flexibility index (Phi) is 5.56. The van der Waals surface area contributed by atoms with Gasteiger partial charge in [0, 0.05) is 19.1 Å². The predicted molar refractivity (Wildman–Crippen MR) is 102 cm³/mol. The molecule has 27 heavy (non-hydrogen) atoms. The summed E-state index contributed by atoms with van der Waals surface area (Å²) in [6, 6.07) is 5.43. The molecule has 6 nitrogen and oxygen atoms in total. The van der Waals surface area contributed by atoms with Crippen LogP contribution in [0.5, 0.6) is 0 Å². The molecule has 2 aliphatic rings. The van der Waals surface area contributed by atoms with E-state index in [1.165, 1.54) is 4.90 Å². The molecule has 3 amide bonds. The highest BCUT2D eigenvalue weighted by Gasteiger charge is 2.43. The Labute approximate surface area is 163 Å². The zero-order valence-corrected chi connectivity index (χ0v) is 16.5. The molecule has 1 aromatic rings. The van der Waals surface area contributed by atoms with Gasteiger partial charge in [-0.15, -0.1) is 0 Å². The number of aryl methyl sites for hydroxylation is 2. The van der Waals surface area contributed by atoms with Gasteiger partial charge in [0.1, 0.15) is 5.03 Å². The number of hydrogen-bond acceptors (Lipinski definition) is 4. The van der Waals surface area contributed by atoms with Gasteiger partial charge in [0.15, 0.2) is 0 Å². The molecule has 1 aromatic carbocycles. The number of carbonyl (C=O) groups excluding carboxylic acids is 3. The number of benzene rings is 1. The van der Waals surface area contributed by atoms with Crippen LogP contribution in [-0.4, -0.2) is 53.4 Å². The van der Waals surface area contributed by atoms with E-state index in [4.69, 9.17) is 16.3 Å². The topological polar surface area (TPSA) is 66.9 Å². The van der Waals surface area contributed by atoms with E-state index in [-0.39, 0.29) is 28.6 Å². The van der Waals surface area contributed by atoms with Crippen LogP contribution in [0.2, 0.25) is 0 Å². The lowest BCUT2D eigenvalue weighted by atomic mass is 9.98. The quantitative estimate of drug-likeness (QED) is 0.743. The molecule has 1 saturated heterocycles. The Bertz CT molecular complexity index is 825. The van der Waals surface area contributed by atoms with Crippen molar-refractivity contribution in [1.29, 1.82) is 0 Å². The van der Waals surface area contributed by atoms with Crippen LogP contribution in [0.4, 0.5) is 4.79 Å². The van der Waals surface area contributed by atoms with E-state index in [2.05, 4.69) is 0 Å². The summed E-state index contributed by atoms with van der Waals surface area (Å²) in [5.41, 5.74) is 2.94. The van der Waals surface area contributed by atoms with E-state index in [0.29, 0.717) is 38.1 Å². The second-order valence-corrected chi connectivity index (χ2v) is 7.28. The molecule has 0 bridgehead atoms. The molecule has 144 valence electrons. The number of carbonyl (C=O) groups is 3. The summed E-state index contributed by atoms with van der Waals surface area (Å²) in [6.07, 6.45) is 0.670. The number of nitrogens with zero attached hydrogens (tertiary/aromatic N) is 2. The number of amides is 3. The molecule has 2 aliphatic heterocycles. The average molecular weight is 391 g/mol. The summed E-state index contributed by atoms with van der Waals surface area (Å²) in [5, 5.41) is -0.0280. The molecule has 2 heterocycles. The summed E-state index contributed by atoms with van der Waals surface area (Å²) in [6.45, 7) is 6.83. The van der Waals surface area contributed by atoms with Gasteiger partial charge < -0.3 is 9.64 Å². The van der Waals surface area contributed by atoms with Crippen molar-refractivity contribution in [2.45, 2.75) is 39.7 Å². The van der Waals surface area contributed by atoms with Crippen molar-refractivity contribution >= 4 is 35.1 Å². The third-order valence-electron chi connectivity index (χ3n) is 5.07. The molecule has 0 saturated carbocycles. The first-order chi connectivity index (χ1) is 12.8. The first-order valence-corrected chi connectivity index (χ1v) is 9.50. The molecule has 1 fully saturated rings. The van der Waals surface area contributed by atoms with E-state index in [9.17, 15) is 14.4 Å². The highest BCUT2D eigenvalue weighted by molar-refractivity contribution is 6.55. The molecule has 0 unspecified atom stereocenters. The molecule has 7 heteroatoms. The molecule has 0 N–H and O–H groups in total. The van der Waals surface area contributed by atoms with Gasteiger partial charge in [-0.1, -0.05) is 35.4 Å². The van der Waals surface area contributed by atoms with Crippen LogP contribution >= 0.6 is 11.6 Å². The summed E-state index contributed by atoms with van der Waals surface area (Å²) in [4.78, 5) is 40.4. The molecular weight excluding hydrogens is 368 g/mol. The van der Waals surface area contributed by atoms with Gasteiger partial charge in [0.05, 0.1) is 12.2 Å². The minimum atomic E-state index is -0.453. The third kappa shape index (κ3) is 3.58. The standard InChI is InChI=1S/C20H23ClN2O4/c1-4-27-20(26)22-9-7-14(8-10-22)23-18(24)16(17(21)19(23)25)15-6-5-12(2)11-13(15)3/h5-6,11,14H,4,7-10H2,1-3H3. The fourth-order valence-electron chi connectivity index (χ4n) is 3.70. The Hall–Kier alpha value is -2.34. The number of piperidine rings is 1. The first-order valence-electron chi connectivity index (χ1n) is 9.12. The van der Waals surface area contributed by atoms with Gasteiger partial charge in [-0.3, -0.25) is 14.5 Å². The average Bonchev–Trinajstić information content (AvgIpc) is 2.85. The van der Waals surface area contributed by atoms with Crippen molar-refractivity contribution in [2.75, 3.05) is 19.7 Å². The van der Waals surface area contributed by atoms with Gasteiger partial charge in [-0.2, -0.15) is 0 Å². The molecule has 0 radical (unpaired) electrons. The Morgan fingerprint density at radius 3 is 2.44 bits per heavy atom. The monoisotopic (exact) mass is 390 g/mol. The zero-order valence-electron chi connectivity index (χ0n) is 15.8. The summed E-state index contributed by atoms with van der Waals surface area (Å²) in [7, 11) is 0. The van der Waals surface area contributed by atoms with Crippen molar-refractivity contribution in [1.82, 2.24) is 9.80 Å².